The van der Waals surface area contributed by atoms with Gasteiger partial charge < -0.3 is 0 Å². The SMILES string of the molecule is CC(C)(C)C(=O)C(C(c1ccc(Cl)cc1)n1cncn1)n1cncn1. The summed E-state index contributed by atoms with van der Waals surface area (Å²) in [6.45, 7) is 5.67. The molecule has 1 aromatic carbocycles. The third-order valence-electron chi connectivity index (χ3n) is 3.96. The van der Waals surface area contributed by atoms with Gasteiger partial charge >= 0.3 is 0 Å². The van der Waals surface area contributed by atoms with Crippen molar-refractivity contribution in [3.63, 3.8) is 0 Å². The van der Waals surface area contributed by atoms with E-state index in [0.29, 0.717) is 5.02 Å². The minimum Gasteiger partial charge on any atom is -0.297 e. The molecule has 3 rings (SSSR count). The van der Waals surface area contributed by atoms with Crippen LogP contribution in [-0.2, 0) is 4.79 Å². The van der Waals surface area contributed by atoms with E-state index in [1.165, 1.54) is 12.7 Å². The number of nitrogens with zero attached hydrogens (tertiary/aromatic N) is 6. The smallest absolute Gasteiger partial charge is 0.165 e. The molecule has 0 aliphatic rings. The van der Waals surface area contributed by atoms with Crippen LogP contribution in [0.5, 0.6) is 0 Å². The molecule has 0 saturated carbocycles. The fourth-order valence-corrected chi connectivity index (χ4v) is 2.84. The predicted molar refractivity (Wildman–Crippen MR) is 93.1 cm³/mol. The molecular weight excluding hydrogens is 340 g/mol. The van der Waals surface area contributed by atoms with Crippen LogP contribution in [0.2, 0.25) is 5.02 Å². The fraction of sp³-hybridized carbons (Fsp3) is 0.353. The number of carbonyl (C=O) groups is 1. The van der Waals surface area contributed by atoms with Gasteiger partial charge in [0.05, 0.1) is 0 Å². The highest BCUT2D eigenvalue weighted by Crippen LogP contribution is 2.35. The molecule has 0 aliphatic heterocycles. The Morgan fingerprint density at radius 3 is 2.04 bits per heavy atom. The van der Waals surface area contributed by atoms with Crippen molar-refractivity contribution < 1.29 is 4.79 Å². The second-order valence-electron chi connectivity index (χ2n) is 6.81. The molecule has 25 heavy (non-hydrogen) atoms. The highest BCUT2D eigenvalue weighted by atomic mass is 35.5. The lowest BCUT2D eigenvalue weighted by Gasteiger charge is -2.31. The Morgan fingerprint density at radius 1 is 1.00 bits per heavy atom. The molecule has 7 nitrogen and oxygen atoms in total. The van der Waals surface area contributed by atoms with Crippen LogP contribution in [0.25, 0.3) is 0 Å². The van der Waals surface area contributed by atoms with Gasteiger partial charge in [0.15, 0.2) is 5.78 Å². The van der Waals surface area contributed by atoms with Gasteiger partial charge in [-0.2, -0.15) is 10.2 Å². The van der Waals surface area contributed by atoms with Gasteiger partial charge in [-0.05, 0) is 17.7 Å². The Morgan fingerprint density at radius 2 is 1.56 bits per heavy atom. The van der Waals surface area contributed by atoms with Crippen LogP contribution in [-0.4, -0.2) is 35.3 Å². The van der Waals surface area contributed by atoms with Gasteiger partial charge in [-0.15, -0.1) is 0 Å². The summed E-state index contributed by atoms with van der Waals surface area (Å²) in [5.41, 5.74) is 0.315. The molecule has 0 fully saturated rings. The number of ketones is 1. The molecule has 0 aliphatic carbocycles. The summed E-state index contributed by atoms with van der Waals surface area (Å²) in [6.07, 6.45) is 6.01. The Balaban J connectivity index is 2.16. The van der Waals surface area contributed by atoms with Crippen LogP contribution < -0.4 is 0 Å². The lowest BCUT2D eigenvalue weighted by Crippen LogP contribution is -2.37. The average Bonchev–Trinajstić information content (AvgIpc) is 3.25. The van der Waals surface area contributed by atoms with Gasteiger partial charge in [0.1, 0.15) is 37.4 Å². The van der Waals surface area contributed by atoms with E-state index >= 15 is 0 Å². The van der Waals surface area contributed by atoms with Gasteiger partial charge in [-0.3, -0.25) is 4.79 Å². The average molecular weight is 359 g/mol. The van der Waals surface area contributed by atoms with Crippen molar-refractivity contribution in [1.29, 1.82) is 0 Å². The number of hydrogen-bond acceptors (Lipinski definition) is 5. The molecular formula is C17H19ClN6O. The number of hydrogen-bond donors (Lipinski definition) is 0. The first-order valence-corrected chi connectivity index (χ1v) is 8.24. The molecule has 3 aromatic rings. The van der Waals surface area contributed by atoms with E-state index in [1.807, 2.05) is 32.9 Å². The first kappa shape index (κ1) is 17.3. The van der Waals surface area contributed by atoms with Crippen LogP contribution in [0.1, 0.15) is 38.4 Å². The fourth-order valence-electron chi connectivity index (χ4n) is 2.71. The van der Waals surface area contributed by atoms with E-state index in [4.69, 9.17) is 11.6 Å². The topological polar surface area (TPSA) is 78.5 Å². The predicted octanol–water partition coefficient (Wildman–Crippen LogP) is 2.97. The van der Waals surface area contributed by atoms with Crippen LogP contribution in [0.3, 0.4) is 0 Å². The zero-order valence-electron chi connectivity index (χ0n) is 14.2. The van der Waals surface area contributed by atoms with E-state index in [0.717, 1.165) is 5.56 Å². The molecule has 8 heteroatoms. The minimum atomic E-state index is -0.620. The van der Waals surface area contributed by atoms with E-state index in [9.17, 15) is 4.79 Å². The number of benzene rings is 1. The summed E-state index contributed by atoms with van der Waals surface area (Å²) >= 11 is 6.03. The highest BCUT2D eigenvalue weighted by molar-refractivity contribution is 6.30. The van der Waals surface area contributed by atoms with Crippen molar-refractivity contribution in [1.82, 2.24) is 29.5 Å². The Bertz CT molecular complexity index is 821. The quantitative estimate of drug-likeness (QED) is 0.700. The molecule has 2 aromatic heterocycles. The summed E-state index contributed by atoms with van der Waals surface area (Å²) in [6, 6.07) is 6.31. The zero-order valence-corrected chi connectivity index (χ0v) is 15.0. The van der Waals surface area contributed by atoms with Gasteiger partial charge in [-0.25, -0.2) is 19.3 Å². The molecule has 0 saturated heterocycles. The van der Waals surface area contributed by atoms with Crippen LogP contribution in [0.4, 0.5) is 0 Å². The van der Waals surface area contributed by atoms with Gasteiger partial charge in [-0.1, -0.05) is 44.5 Å². The van der Waals surface area contributed by atoms with E-state index in [-0.39, 0.29) is 5.78 Å². The summed E-state index contributed by atoms with van der Waals surface area (Å²) in [4.78, 5) is 21.3. The highest BCUT2D eigenvalue weighted by Gasteiger charge is 2.39. The van der Waals surface area contributed by atoms with Crippen molar-refractivity contribution >= 4 is 17.4 Å². The molecule has 0 amide bonds. The van der Waals surface area contributed by atoms with E-state index in [1.54, 1.807) is 34.2 Å². The van der Waals surface area contributed by atoms with Gasteiger partial charge in [0.2, 0.25) is 0 Å². The lowest BCUT2D eigenvalue weighted by atomic mass is 9.82. The standard InChI is InChI=1S/C17H19ClN6O/c1-17(2,3)16(25)15(24-11-20-9-22-24)14(23-10-19-8-21-23)12-4-6-13(18)7-5-12/h4-11,14-15H,1-3H3. The van der Waals surface area contributed by atoms with E-state index < -0.39 is 17.5 Å². The first-order chi connectivity index (χ1) is 11.9. The monoisotopic (exact) mass is 358 g/mol. The molecule has 2 atom stereocenters. The summed E-state index contributed by atoms with van der Waals surface area (Å²) < 4.78 is 3.24. The lowest BCUT2D eigenvalue weighted by molar-refractivity contribution is -0.131. The molecule has 0 bridgehead atoms. The molecule has 2 unspecified atom stereocenters. The summed E-state index contributed by atoms with van der Waals surface area (Å²) in [5, 5.41) is 9.12. The number of carbonyl (C=O) groups excluding carboxylic acids is 1. The van der Waals surface area contributed by atoms with Gasteiger partial charge in [0, 0.05) is 10.4 Å². The second-order valence-corrected chi connectivity index (χ2v) is 7.24. The largest absolute Gasteiger partial charge is 0.297 e. The Hall–Kier alpha value is -2.54. The summed E-state index contributed by atoms with van der Waals surface area (Å²) in [7, 11) is 0. The molecule has 130 valence electrons. The van der Waals surface area contributed by atoms with Crippen LogP contribution in [0, 0.1) is 5.41 Å². The Labute approximate surface area is 150 Å². The van der Waals surface area contributed by atoms with Crippen molar-refractivity contribution in [2.45, 2.75) is 32.9 Å². The molecule has 2 heterocycles. The maximum atomic E-state index is 13.3. The number of aromatic nitrogens is 6. The van der Waals surface area contributed by atoms with E-state index in [2.05, 4.69) is 20.2 Å². The molecule has 0 spiro atoms. The number of rotatable bonds is 5. The maximum Gasteiger partial charge on any atom is 0.165 e. The number of halogens is 1. The minimum absolute atomic E-state index is 0.0217. The van der Waals surface area contributed by atoms with Crippen LogP contribution in [0.15, 0.2) is 49.6 Å². The van der Waals surface area contributed by atoms with Crippen molar-refractivity contribution in [3.8, 4) is 0 Å². The second kappa shape index (κ2) is 6.76. The van der Waals surface area contributed by atoms with Crippen molar-refractivity contribution in [2.75, 3.05) is 0 Å². The molecule has 0 radical (unpaired) electrons. The first-order valence-electron chi connectivity index (χ1n) is 7.86. The summed E-state index contributed by atoms with van der Waals surface area (Å²) in [5.74, 6) is 0.0217. The normalized spacial score (nSPS) is 14.2. The third kappa shape index (κ3) is 3.61. The number of Topliss-reactive ketones (excluding diaryl/α,β-unsaturated/α-hetero) is 1. The maximum absolute atomic E-state index is 13.3. The van der Waals surface area contributed by atoms with Crippen molar-refractivity contribution in [3.05, 3.63) is 60.2 Å². The van der Waals surface area contributed by atoms with Crippen LogP contribution >= 0.6 is 11.6 Å². The zero-order chi connectivity index (χ0) is 18.0. The van der Waals surface area contributed by atoms with Gasteiger partial charge in [0.25, 0.3) is 0 Å². The third-order valence-corrected chi connectivity index (χ3v) is 4.21. The Kier molecular flexibility index (Phi) is 4.67. The molecule has 0 N–H and O–H groups in total. The van der Waals surface area contributed by atoms with Crippen molar-refractivity contribution in [2.24, 2.45) is 5.41 Å².